The first-order valence-corrected chi connectivity index (χ1v) is 7.66. The lowest BCUT2D eigenvalue weighted by Gasteiger charge is -2.17. The Bertz CT molecular complexity index is 620. The molecule has 22 heavy (non-hydrogen) atoms. The standard InChI is InChI=1S/C14H19ClN6O/c1-16-13-10(15)7-17-14(20-13)19-11-5-9(6-12(11)22)8-21-4-2-3-18-21/h2-4,7,9,11-12,22H,5-6,8H2,1H3,(H2,16,17,19,20)/t9?,11-,12-/m1/s1. The van der Waals surface area contributed by atoms with Crippen LogP contribution in [-0.2, 0) is 6.54 Å². The summed E-state index contributed by atoms with van der Waals surface area (Å²) in [6.07, 6.45) is 6.42. The van der Waals surface area contributed by atoms with E-state index in [-0.39, 0.29) is 6.04 Å². The summed E-state index contributed by atoms with van der Waals surface area (Å²) in [4.78, 5) is 8.46. The van der Waals surface area contributed by atoms with Gasteiger partial charge in [-0.05, 0) is 24.8 Å². The summed E-state index contributed by atoms with van der Waals surface area (Å²) in [6, 6.07) is 1.84. The molecule has 3 atom stereocenters. The largest absolute Gasteiger partial charge is 0.391 e. The van der Waals surface area contributed by atoms with Crippen LogP contribution in [0.5, 0.6) is 0 Å². The maximum atomic E-state index is 10.2. The molecule has 1 aliphatic carbocycles. The quantitative estimate of drug-likeness (QED) is 0.775. The van der Waals surface area contributed by atoms with Crippen LogP contribution in [0.15, 0.2) is 24.7 Å². The van der Waals surface area contributed by atoms with E-state index in [1.54, 1.807) is 19.4 Å². The lowest BCUT2D eigenvalue weighted by molar-refractivity contribution is 0.165. The number of hydrogen-bond acceptors (Lipinski definition) is 6. The molecule has 0 aromatic carbocycles. The number of aliphatic hydroxyl groups is 1. The van der Waals surface area contributed by atoms with Crippen molar-refractivity contribution in [1.82, 2.24) is 19.7 Å². The lowest BCUT2D eigenvalue weighted by atomic mass is 10.1. The van der Waals surface area contributed by atoms with Gasteiger partial charge in [0.15, 0.2) is 0 Å². The molecule has 2 heterocycles. The Hall–Kier alpha value is -1.86. The normalized spacial score (nSPS) is 24.4. The molecule has 0 radical (unpaired) electrons. The van der Waals surface area contributed by atoms with E-state index in [9.17, 15) is 5.11 Å². The van der Waals surface area contributed by atoms with Gasteiger partial charge in [-0.25, -0.2) is 4.98 Å². The van der Waals surface area contributed by atoms with E-state index in [2.05, 4.69) is 25.7 Å². The molecule has 0 saturated heterocycles. The van der Waals surface area contributed by atoms with Crippen molar-refractivity contribution in [3.8, 4) is 0 Å². The molecule has 2 aromatic rings. The highest BCUT2D eigenvalue weighted by Gasteiger charge is 2.33. The SMILES string of the molecule is CNc1nc(N[C@@H]2CC(Cn3cccn3)C[C@H]2O)ncc1Cl. The zero-order valence-corrected chi connectivity index (χ0v) is 13.0. The minimum Gasteiger partial charge on any atom is -0.391 e. The fourth-order valence-electron chi connectivity index (χ4n) is 2.87. The number of nitrogens with zero attached hydrogens (tertiary/aromatic N) is 4. The molecule has 118 valence electrons. The number of hydrogen-bond donors (Lipinski definition) is 3. The van der Waals surface area contributed by atoms with Crippen molar-refractivity contribution in [1.29, 1.82) is 0 Å². The van der Waals surface area contributed by atoms with E-state index in [0.29, 0.717) is 22.7 Å². The topological polar surface area (TPSA) is 87.9 Å². The van der Waals surface area contributed by atoms with Gasteiger partial charge in [-0.15, -0.1) is 0 Å². The Morgan fingerprint density at radius 2 is 2.32 bits per heavy atom. The average Bonchev–Trinajstić information content (AvgIpc) is 3.12. The third-order valence-corrected chi connectivity index (χ3v) is 4.20. The Morgan fingerprint density at radius 1 is 1.45 bits per heavy atom. The molecule has 1 aliphatic rings. The Labute approximate surface area is 133 Å². The van der Waals surface area contributed by atoms with E-state index in [4.69, 9.17) is 11.6 Å². The van der Waals surface area contributed by atoms with Crippen LogP contribution in [0.1, 0.15) is 12.8 Å². The Kier molecular flexibility index (Phi) is 4.44. The molecule has 0 amide bonds. The molecule has 8 heteroatoms. The van der Waals surface area contributed by atoms with Gasteiger partial charge < -0.3 is 15.7 Å². The van der Waals surface area contributed by atoms with Gasteiger partial charge in [0.25, 0.3) is 0 Å². The maximum Gasteiger partial charge on any atom is 0.225 e. The van der Waals surface area contributed by atoms with Crippen molar-refractivity contribution in [2.75, 3.05) is 17.7 Å². The molecular weight excluding hydrogens is 304 g/mol. The molecule has 0 bridgehead atoms. The van der Waals surface area contributed by atoms with Crippen LogP contribution >= 0.6 is 11.6 Å². The molecule has 3 rings (SSSR count). The molecule has 2 aromatic heterocycles. The van der Waals surface area contributed by atoms with Gasteiger partial charge in [-0.1, -0.05) is 11.6 Å². The number of anilines is 2. The first-order chi connectivity index (χ1) is 10.7. The van der Waals surface area contributed by atoms with Crippen LogP contribution < -0.4 is 10.6 Å². The van der Waals surface area contributed by atoms with Crippen LogP contribution in [0.3, 0.4) is 0 Å². The Morgan fingerprint density at radius 3 is 3.05 bits per heavy atom. The van der Waals surface area contributed by atoms with Crippen molar-refractivity contribution in [3.05, 3.63) is 29.7 Å². The summed E-state index contributed by atoms with van der Waals surface area (Å²) in [5.74, 6) is 1.42. The minimum atomic E-state index is -0.419. The fraction of sp³-hybridized carbons (Fsp3) is 0.500. The second-order valence-electron chi connectivity index (χ2n) is 5.52. The maximum absolute atomic E-state index is 10.2. The van der Waals surface area contributed by atoms with Gasteiger partial charge in [-0.2, -0.15) is 10.1 Å². The zero-order valence-electron chi connectivity index (χ0n) is 12.3. The summed E-state index contributed by atoms with van der Waals surface area (Å²) in [5, 5.41) is 21.0. The van der Waals surface area contributed by atoms with Gasteiger partial charge >= 0.3 is 0 Å². The van der Waals surface area contributed by atoms with Crippen molar-refractivity contribution in [2.24, 2.45) is 5.92 Å². The number of rotatable bonds is 5. The first kappa shape index (κ1) is 15.1. The summed E-state index contributed by atoms with van der Waals surface area (Å²) >= 11 is 5.97. The third kappa shape index (κ3) is 3.31. The molecule has 3 N–H and O–H groups in total. The van der Waals surface area contributed by atoms with Crippen molar-refractivity contribution < 1.29 is 5.11 Å². The highest BCUT2D eigenvalue weighted by atomic mass is 35.5. The number of halogens is 1. The van der Waals surface area contributed by atoms with Crippen LogP contribution in [0.2, 0.25) is 5.02 Å². The summed E-state index contributed by atoms with van der Waals surface area (Å²) in [5.41, 5.74) is 0. The van der Waals surface area contributed by atoms with E-state index in [1.165, 1.54) is 0 Å². The predicted octanol–water partition coefficient (Wildman–Crippen LogP) is 1.62. The molecule has 1 fully saturated rings. The van der Waals surface area contributed by atoms with Gasteiger partial charge in [-0.3, -0.25) is 4.68 Å². The van der Waals surface area contributed by atoms with Crippen molar-refractivity contribution in [3.63, 3.8) is 0 Å². The van der Waals surface area contributed by atoms with Gasteiger partial charge in [0, 0.05) is 26.0 Å². The Balaban J connectivity index is 1.63. The van der Waals surface area contributed by atoms with Gasteiger partial charge in [0.05, 0.1) is 18.3 Å². The summed E-state index contributed by atoms with van der Waals surface area (Å²) in [7, 11) is 1.75. The number of aliphatic hydroxyl groups excluding tert-OH is 1. The summed E-state index contributed by atoms with van der Waals surface area (Å²) in [6.45, 7) is 0.811. The van der Waals surface area contributed by atoms with E-state index >= 15 is 0 Å². The van der Waals surface area contributed by atoms with Crippen LogP contribution in [0.25, 0.3) is 0 Å². The second-order valence-corrected chi connectivity index (χ2v) is 5.93. The molecule has 7 nitrogen and oxygen atoms in total. The highest BCUT2D eigenvalue weighted by molar-refractivity contribution is 6.32. The van der Waals surface area contributed by atoms with Crippen LogP contribution in [-0.4, -0.2) is 44.0 Å². The predicted molar refractivity (Wildman–Crippen MR) is 85.0 cm³/mol. The van der Waals surface area contributed by atoms with E-state index in [0.717, 1.165) is 19.4 Å². The zero-order chi connectivity index (χ0) is 15.5. The third-order valence-electron chi connectivity index (χ3n) is 3.93. The minimum absolute atomic E-state index is 0.0635. The van der Waals surface area contributed by atoms with E-state index < -0.39 is 6.10 Å². The average molecular weight is 323 g/mol. The van der Waals surface area contributed by atoms with Gasteiger partial charge in [0.2, 0.25) is 5.95 Å². The van der Waals surface area contributed by atoms with Crippen molar-refractivity contribution >= 4 is 23.4 Å². The van der Waals surface area contributed by atoms with Crippen LogP contribution in [0.4, 0.5) is 11.8 Å². The molecular formula is C14H19ClN6O. The second kappa shape index (κ2) is 6.50. The molecule has 1 unspecified atom stereocenters. The number of nitrogens with one attached hydrogen (secondary N) is 2. The van der Waals surface area contributed by atoms with E-state index in [1.807, 2.05) is 16.9 Å². The smallest absolute Gasteiger partial charge is 0.225 e. The molecule has 1 saturated carbocycles. The summed E-state index contributed by atoms with van der Waals surface area (Å²) < 4.78 is 1.90. The van der Waals surface area contributed by atoms with Gasteiger partial charge in [0.1, 0.15) is 10.8 Å². The highest BCUT2D eigenvalue weighted by Crippen LogP contribution is 2.29. The lowest BCUT2D eigenvalue weighted by Crippen LogP contribution is -2.29. The monoisotopic (exact) mass is 322 g/mol. The fourth-order valence-corrected chi connectivity index (χ4v) is 3.06. The number of aromatic nitrogens is 4. The molecule has 0 spiro atoms. The molecule has 0 aliphatic heterocycles. The van der Waals surface area contributed by atoms with Crippen LogP contribution in [0, 0.1) is 5.92 Å². The first-order valence-electron chi connectivity index (χ1n) is 7.28. The van der Waals surface area contributed by atoms with Crippen molar-refractivity contribution in [2.45, 2.75) is 31.5 Å².